The molecule has 1 saturated heterocycles. The summed E-state index contributed by atoms with van der Waals surface area (Å²) in [4.78, 5) is 11.3. The van der Waals surface area contributed by atoms with E-state index >= 15 is 0 Å². The SMILES string of the molecule is CCNC(=NCCc1nc(C(C)C)no1)N1CC(C)OC(c2ccc(F)cc2)C1. The van der Waals surface area contributed by atoms with E-state index in [4.69, 9.17) is 14.3 Å². The molecule has 0 amide bonds. The highest BCUT2D eigenvalue weighted by Crippen LogP contribution is 2.25. The number of nitrogens with zero attached hydrogens (tertiary/aromatic N) is 4. The lowest BCUT2D eigenvalue weighted by Crippen LogP contribution is -2.50. The predicted octanol–water partition coefficient (Wildman–Crippen LogP) is 3.30. The lowest BCUT2D eigenvalue weighted by atomic mass is 10.1. The van der Waals surface area contributed by atoms with Crippen LogP contribution in [0.15, 0.2) is 33.8 Å². The number of hydrogen-bond donors (Lipinski definition) is 1. The van der Waals surface area contributed by atoms with Gasteiger partial charge in [-0.1, -0.05) is 31.1 Å². The van der Waals surface area contributed by atoms with Crippen molar-refractivity contribution in [1.82, 2.24) is 20.4 Å². The van der Waals surface area contributed by atoms with Gasteiger partial charge in [0, 0.05) is 25.4 Å². The van der Waals surface area contributed by atoms with Crippen molar-refractivity contribution >= 4 is 5.96 Å². The van der Waals surface area contributed by atoms with Gasteiger partial charge in [0.15, 0.2) is 11.8 Å². The highest BCUT2D eigenvalue weighted by Gasteiger charge is 2.28. The summed E-state index contributed by atoms with van der Waals surface area (Å²) in [6.45, 7) is 10.9. The molecule has 7 nitrogen and oxygen atoms in total. The topological polar surface area (TPSA) is 75.8 Å². The fourth-order valence-corrected chi connectivity index (χ4v) is 3.27. The molecule has 1 N–H and O–H groups in total. The molecule has 0 aliphatic carbocycles. The Balaban J connectivity index is 1.67. The van der Waals surface area contributed by atoms with Gasteiger partial charge in [-0.05, 0) is 31.5 Å². The molecule has 1 aliphatic rings. The molecule has 1 aromatic carbocycles. The molecule has 0 spiro atoms. The number of morpholine rings is 1. The van der Waals surface area contributed by atoms with Crippen LogP contribution in [0.25, 0.3) is 0 Å². The van der Waals surface area contributed by atoms with E-state index in [0.717, 1.165) is 30.4 Å². The van der Waals surface area contributed by atoms with Crippen molar-refractivity contribution in [2.45, 2.75) is 52.2 Å². The van der Waals surface area contributed by atoms with Gasteiger partial charge in [-0.3, -0.25) is 4.99 Å². The zero-order valence-electron chi connectivity index (χ0n) is 17.6. The first-order chi connectivity index (χ1) is 14.0. The average Bonchev–Trinajstić information content (AvgIpc) is 3.17. The Morgan fingerprint density at radius 1 is 1.31 bits per heavy atom. The van der Waals surface area contributed by atoms with Crippen molar-refractivity contribution in [3.8, 4) is 0 Å². The van der Waals surface area contributed by atoms with Crippen LogP contribution in [0.3, 0.4) is 0 Å². The zero-order chi connectivity index (χ0) is 20.8. The summed E-state index contributed by atoms with van der Waals surface area (Å²) in [5, 5.41) is 7.35. The first-order valence-corrected chi connectivity index (χ1v) is 10.2. The van der Waals surface area contributed by atoms with E-state index in [1.807, 2.05) is 27.7 Å². The largest absolute Gasteiger partial charge is 0.367 e. The maximum atomic E-state index is 13.3. The molecule has 3 rings (SSSR count). The van der Waals surface area contributed by atoms with Crippen molar-refractivity contribution in [2.75, 3.05) is 26.2 Å². The van der Waals surface area contributed by atoms with E-state index in [0.29, 0.717) is 25.4 Å². The minimum Gasteiger partial charge on any atom is -0.367 e. The van der Waals surface area contributed by atoms with Gasteiger partial charge in [-0.15, -0.1) is 0 Å². The number of aromatic nitrogens is 2. The monoisotopic (exact) mass is 403 g/mol. The summed E-state index contributed by atoms with van der Waals surface area (Å²) in [5.74, 6) is 2.16. The molecule has 1 aliphatic heterocycles. The van der Waals surface area contributed by atoms with Gasteiger partial charge >= 0.3 is 0 Å². The van der Waals surface area contributed by atoms with Crippen LogP contribution >= 0.6 is 0 Å². The van der Waals surface area contributed by atoms with Gasteiger partial charge < -0.3 is 19.5 Å². The number of guanidine groups is 1. The van der Waals surface area contributed by atoms with Gasteiger partial charge in [-0.25, -0.2) is 4.39 Å². The number of halogens is 1. The molecule has 0 saturated carbocycles. The molecule has 1 fully saturated rings. The second-order valence-electron chi connectivity index (χ2n) is 7.58. The highest BCUT2D eigenvalue weighted by molar-refractivity contribution is 5.80. The van der Waals surface area contributed by atoms with Gasteiger partial charge in [0.25, 0.3) is 0 Å². The van der Waals surface area contributed by atoms with E-state index in [1.54, 1.807) is 12.1 Å². The Bertz CT molecular complexity index is 806. The number of benzene rings is 1. The second-order valence-corrected chi connectivity index (χ2v) is 7.58. The lowest BCUT2D eigenvalue weighted by Gasteiger charge is -2.38. The van der Waals surface area contributed by atoms with Crippen LogP contribution < -0.4 is 5.32 Å². The number of ether oxygens (including phenoxy) is 1. The number of rotatable bonds is 6. The van der Waals surface area contributed by atoms with E-state index in [2.05, 4.69) is 20.4 Å². The summed E-state index contributed by atoms with van der Waals surface area (Å²) < 4.78 is 24.7. The number of hydrogen-bond acceptors (Lipinski definition) is 5. The van der Waals surface area contributed by atoms with Crippen LogP contribution in [0.4, 0.5) is 4.39 Å². The van der Waals surface area contributed by atoms with Crippen LogP contribution in [0, 0.1) is 5.82 Å². The molecule has 8 heteroatoms. The molecule has 2 heterocycles. The van der Waals surface area contributed by atoms with Crippen LogP contribution in [0.5, 0.6) is 0 Å². The molecule has 158 valence electrons. The van der Waals surface area contributed by atoms with Crippen molar-refractivity contribution in [1.29, 1.82) is 0 Å². The summed E-state index contributed by atoms with van der Waals surface area (Å²) in [6.07, 6.45) is 0.496. The molecule has 0 bridgehead atoms. The van der Waals surface area contributed by atoms with E-state index < -0.39 is 0 Å². The Kier molecular flexibility index (Phi) is 7.19. The Morgan fingerprint density at radius 2 is 2.07 bits per heavy atom. The van der Waals surface area contributed by atoms with Crippen LogP contribution in [-0.4, -0.2) is 53.3 Å². The van der Waals surface area contributed by atoms with Crippen LogP contribution in [0.2, 0.25) is 0 Å². The Hall–Kier alpha value is -2.48. The van der Waals surface area contributed by atoms with E-state index in [-0.39, 0.29) is 23.9 Å². The van der Waals surface area contributed by atoms with Gasteiger partial charge in [0.1, 0.15) is 11.9 Å². The Labute approximate surface area is 171 Å². The molecule has 29 heavy (non-hydrogen) atoms. The van der Waals surface area contributed by atoms with E-state index in [1.165, 1.54) is 12.1 Å². The second kappa shape index (κ2) is 9.82. The molecule has 2 atom stereocenters. The van der Waals surface area contributed by atoms with Crippen molar-refractivity contribution in [3.63, 3.8) is 0 Å². The third kappa shape index (κ3) is 5.76. The smallest absolute Gasteiger partial charge is 0.228 e. The molecular formula is C21H30FN5O2. The molecule has 2 aromatic rings. The van der Waals surface area contributed by atoms with Crippen molar-refractivity contribution < 1.29 is 13.7 Å². The normalized spacial score (nSPS) is 20.3. The maximum absolute atomic E-state index is 13.3. The summed E-state index contributed by atoms with van der Waals surface area (Å²) in [5.41, 5.74) is 0.964. The number of aliphatic imine (C=N–C) groups is 1. The third-order valence-corrected chi connectivity index (χ3v) is 4.72. The Morgan fingerprint density at radius 3 is 2.72 bits per heavy atom. The average molecular weight is 404 g/mol. The lowest BCUT2D eigenvalue weighted by molar-refractivity contribution is -0.0605. The molecule has 2 unspecified atom stereocenters. The predicted molar refractivity (Wildman–Crippen MR) is 109 cm³/mol. The first-order valence-electron chi connectivity index (χ1n) is 10.2. The van der Waals surface area contributed by atoms with Crippen LogP contribution in [-0.2, 0) is 11.2 Å². The fourth-order valence-electron chi connectivity index (χ4n) is 3.27. The zero-order valence-corrected chi connectivity index (χ0v) is 17.6. The standard InChI is InChI=1S/C21H30FN5O2/c1-5-23-21(24-11-10-19-25-20(14(2)3)26-29-19)27-12-15(4)28-18(13-27)16-6-8-17(22)9-7-16/h6-9,14-15,18H,5,10-13H2,1-4H3,(H,23,24). The molecule has 1 aromatic heterocycles. The minimum absolute atomic E-state index is 0.0344. The number of nitrogens with one attached hydrogen (secondary N) is 1. The summed E-state index contributed by atoms with van der Waals surface area (Å²) >= 11 is 0. The summed E-state index contributed by atoms with van der Waals surface area (Å²) in [6, 6.07) is 6.50. The quantitative estimate of drug-likeness (QED) is 0.589. The minimum atomic E-state index is -0.244. The molecule has 0 radical (unpaired) electrons. The first kappa shape index (κ1) is 21.2. The summed E-state index contributed by atoms with van der Waals surface area (Å²) in [7, 11) is 0. The highest BCUT2D eigenvalue weighted by atomic mass is 19.1. The van der Waals surface area contributed by atoms with Gasteiger partial charge in [0.2, 0.25) is 5.89 Å². The van der Waals surface area contributed by atoms with Crippen molar-refractivity contribution in [2.24, 2.45) is 4.99 Å². The third-order valence-electron chi connectivity index (χ3n) is 4.72. The van der Waals surface area contributed by atoms with Crippen LogP contribution in [0.1, 0.15) is 57.0 Å². The maximum Gasteiger partial charge on any atom is 0.228 e. The van der Waals surface area contributed by atoms with Gasteiger partial charge in [0.05, 0.1) is 19.2 Å². The van der Waals surface area contributed by atoms with Crippen molar-refractivity contribution in [3.05, 3.63) is 47.4 Å². The molecular weight excluding hydrogens is 373 g/mol. The fraction of sp³-hybridized carbons (Fsp3) is 0.571. The van der Waals surface area contributed by atoms with E-state index in [9.17, 15) is 4.39 Å². The van der Waals surface area contributed by atoms with Gasteiger partial charge in [-0.2, -0.15) is 4.98 Å².